The van der Waals surface area contributed by atoms with Crippen LogP contribution in [-0.4, -0.2) is 13.6 Å². The molecule has 0 fully saturated rings. The zero-order valence-electron chi connectivity index (χ0n) is 12.1. The van der Waals surface area contributed by atoms with Crippen molar-refractivity contribution in [3.05, 3.63) is 52.2 Å². The fourth-order valence-electron chi connectivity index (χ4n) is 3.25. The number of nitrogens with one attached hydrogen (secondary N) is 2. The summed E-state index contributed by atoms with van der Waals surface area (Å²) in [6, 6.07) is 11.4. The second kappa shape index (κ2) is 5.58. The summed E-state index contributed by atoms with van der Waals surface area (Å²) in [7, 11) is 2.03. The van der Waals surface area contributed by atoms with E-state index in [4.69, 9.17) is 0 Å². The van der Waals surface area contributed by atoms with E-state index in [1.807, 2.05) is 7.05 Å². The highest BCUT2D eigenvalue weighted by molar-refractivity contribution is 7.08. The summed E-state index contributed by atoms with van der Waals surface area (Å²) in [5, 5.41) is 11.5. The van der Waals surface area contributed by atoms with Crippen LogP contribution in [0.2, 0.25) is 0 Å². The lowest BCUT2D eigenvalue weighted by molar-refractivity contribution is 0.237. The zero-order valence-corrected chi connectivity index (χ0v) is 13.0. The highest BCUT2D eigenvalue weighted by Gasteiger charge is 2.39. The maximum Gasteiger partial charge on any atom is 0.0579 e. The fourth-order valence-corrected chi connectivity index (χ4v) is 3.94. The number of benzene rings is 1. The Bertz CT molecular complexity index is 564. The van der Waals surface area contributed by atoms with Gasteiger partial charge in [-0.2, -0.15) is 11.3 Å². The largest absolute Gasteiger partial charge is 0.377 e. The van der Waals surface area contributed by atoms with Crippen LogP contribution in [0, 0.1) is 5.41 Å². The number of para-hydroxylation sites is 1. The van der Waals surface area contributed by atoms with Crippen LogP contribution in [-0.2, 0) is 6.42 Å². The second-order valence-electron chi connectivity index (χ2n) is 5.98. The van der Waals surface area contributed by atoms with Gasteiger partial charge in [0.25, 0.3) is 0 Å². The normalized spacial score (nSPS) is 25.0. The third-order valence-corrected chi connectivity index (χ3v) is 5.13. The van der Waals surface area contributed by atoms with E-state index in [1.165, 1.54) is 23.2 Å². The SMILES string of the molecule is CNCC[C@@]1(C)Cc2ccccc2N[C@H]1c1ccsc1. The van der Waals surface area contributed by atoms with Gasteiger partial charge in [0.15, 0.2) is 0 Å². The molecule has 2 N–H and O–H groups in total. The lowest BCUT2D eigenvalue weighted by Gasteiger charge is -2.43. The van der Waals surface area contributed by atoms with Gasteiger partial charge >= 0.3 is 0 Å². The highest BCUT2D eigenvalue weighted by Crippen LogP contribution is 2.47. The van der Waals surface area contributed by atoms with Crippen LogP contribution in [0.3, 0.4) is 0 Å². The van der Waals surface area contributed by atoms with Crippen molar-refractivity contribution < 1.29 is 0 Å². The second-order valence-corrected chi connectivity index (χ2v) is 6.76. The van der Waals surface area contributed by atoms with Crippen molar-refractivity contribution in [2.45, 2.75) is 25.8 Å². The summed E-state index contributed by atoms with van der Waals surface area (Å²) >= 11 is 1.78. The monoisotopic (exact) mass is 286 g/mol. The van der Waals surface area contributed by atoms with E-state index in [0.717, 1.165) is 13.0 Å². The van der Waals surface area contributed by atoms with Crippen LogP contribution in [0.5, 0.6) is 0 Å². The van der Waals surface area contributed by atoms with Gasteiger partial charge in [0.1, 0.15) is 0 Å². The van der Waals surface area contributed by atoms with Crippen molar-refractivity contribution in [1.29, 1.82) is 0 Å². The number of hydrogen-bond acceptors (Lipinski definition) is 3. The summed E-state index contributed by atoms with van der Waals surface area (Å²) in [6.07, 6.45) is 2.31. The Morgan fingerprint density at radius 3 is 2.95 bits per heavy atom. The first-order valence-electron chi connectivity index (χ1n) is 7.24. The summed E-state index contributed by atoms with van der Waals surface area (Å²) < 4.78 is 0. The van der Waals surface area contributed by atoms with E-state index >= 15 is 0 Å². The molecule has 0 unspecified atom stereocenters. The number of anilines is 1. The molecule has 0 saturated heterocycles. The first-order chi connectivity index (χ1) is 9.73. The van der Waals surface area contributed by atoms with Gasteiger partial charge in [0.2, 0.25) is 0 Å². The molecule has 1 aliphatic rings. The molecule has 0 amide bonds. The maximum atomic E-state index is 3.78. The minimum absolute atomic E-state index is 0.248. The number of thiophene rings is 1. The lowest BCUT2D eigenvalue weighted by atomic mass is 9.70. The summed E-state index contributed by atoms with van der Waals surface area (Å²) in [5.74, 6) is 0. The third-order valence-electron chi connectivity index (χ3n) is 4.43. The molecule has 20 heavy (non-hydrogen) atoms. The van der Waals surface area contributed by atoms with E-state index in [0.29, 0.717) is 6.04 Å². The van der Waals surface area contributed by atoms with Crippen LogP contribution in [0.4, 0.5) is 5.69 Å². The molecule has 0 radical (unpaired) electrons. The molecule has 1 aromatic heterocycles. The van der Waals surface area contributed by atoms with Gasteiger partial charge in [0.05, 0.1) is 6.04 Å². The maximum absolute atomic E-state index is 3.78. The van der Waals surface area contributed by atoms with Crippen LogP contribution in [0.25, 0.3) is 0 Å². The number of hydrogen-bond donors (Lipinski definition) is 2. The zero-order chi connectivity index (χ0) is 14.0. The fraction of sp³-hybridized carbons (Fsp3) is 0.412. The van der Waals surface area contributed by atoms with Gasteiger partial charge in [-0.3, -0.25) is 0 Å². The van der Waals surface area contributed by atoms with Crippen molar-refractivity contribution in [3.8, 4) is 0 Å². The summed E-state index contributed by atoms with van der Waals surface area (Å²) in [5.41, 5.74) is 4.41. The lowest BCUT2D eigenvalue weighted by Crippen LogP contribution is -2.39. The van der Waals surface area contributed by atoms with E-state index in [9.17, 15) is 0 Å². The van der Waals surface area contributed by atoms with Crippen LogP contribution < -0.4 is 10.6 Å². The molecular formula is C17H22N2S. The number of rotatable bonds is 4. The van der Waals surface area contributed by atoms with Gasteiger partial charge in [-0.1, -0.05) is 25.1 Å². The average Bonchev–Trinajstić information content (AvgIpc) is 2.98. The Balaban J connectivity index is 1.97. The molecule has 106 valence electrons. The minimum atomic E-state index is 0.248. The summed E-state index contributed by atoms with van der Waals surface area (Å²) in [6.45, 7) is 3.47. The molecule has 0 saturated carbocycles. The predicted octanol–water partition coefficient (Wildman–Crippen LogP) is 4.07. The van der Waals surface area contributed by atoms with E-state index < -0.39 is 0 Å². The Labute approximate surface area is 125 Å². The molecule has 0 bridgehead atoms. The molecule has 2 atom stereocenters. The van der Waals surface area contributed by atoms with Crippen molar-refractivity contribution in [1.82, 2.24) is 5.32 Å². The Morgan fingerprint density at radius 1 is 1.35 bits per heavy atom. The molecule has 1 aromatic carbocycles. The van der Waals surface area contributed by atoms with Gasteiger partial charge in [-0.25, -0.2) is 0 Å². The van der Waals surface area contributed by atoms with Crippen molar-refractivity contribution in [3.63, 3.8) is 0 Å². The van der Waals surface area contributed by atoms with Crippen LogP contribution in [0.1, 0.15) is 30.5 Å². The molecule has 3 heteroatoms. The number of fused-ring (bicyclic) bond motifs is 1. The predicted molar refractivity (Wildman–Crippen MR) is 87.5 cm³/mol. The Morgan fingerprint density at radius 2 is 2.20 bits per heavy atom. The van der Waals surface area contributed by atoms with Crippen LogP contribution in [0.15, 0.2) is 41.1 Å². The standard InChI is InChI=1S/C17H22N2S/c1-17(8-9-18-2)11-13-5-3-4-6-15(13)19-16(17)14-7-10-20-12-14/h3-7,10,12,16,18-19H,8-9,11H2,1-2H3/t16-,17-/m0/s1. The Hall–Kier alpha value is -1.32. The van der Waals surface area contributed by atoms with Crippen LogP contribution >= 0.6 is 11.3 Å². The topological polar surface area (TPSA) is 24.1 Å². The van der Waals surface area contributed by atoms with Gasteiger partial charge in [-0.05, 0) is 65.9 Å². The van der Waals surface area contributed by atoms with E-state index in [-0.39, 0.29) is 5.41 Å². The molecular weight excluding hydrogens is 264 g/mol. The minimum Gasteiger partial charge on any atom is -0.377 e. The van der Waals surface area contributed by atoms with Crippen molar-refractivity contribution in [2.75, 3.05) is 18.9 Å². The smallest absolute Gasteiger partial charge is 0.0579 e. The molecule has 3 rings (SSSR count). The molecule has 2 nitrogen and oxygen atoms in total. The van der Waals surface area contributed by atoms with Crippen molar-refractivity contribution in [2.24, 2.45) is 5.41 Å². The molecule has 0 aliphatic carbocycles. The van der Waals surface area contributed by atoms with Gasteiger partial charge in [-0.15, -0.1) is 0 Å². The Kier molecular flexibility index (Phi) is 3.81. The quantitative estimate of drug-likeness (QED) is 0.885. The first kappa shape index (κ1) is 13.7. The molecule has 1 aliphatic heterocycles. The first-order valence-corrected chi connectivity index (χ1v) is 8.18. The van der Waals surface area contributed by atoms with Gasteiger partial charge < -0.3 is 10.6 Å². The van der Waals surface area contributed by atoms with E-state index in [2.05, 4.69) is 58.6 Å². The van der Waals surface area contributed by atoms with Gasteiger partial charge in [0, 0.05) is 5.69 Å². The molecule has 2 aromatic rings. The molecule has 2 heterocycles. The third kappa shape index (κ3) is 2.48. The summed E-state index contributed by atoms with van der Waals surface area (Å²) in [4.78, 5) is 0. The molecule has 0 spiro atoms. The average molecular weight is 286 g/mol. The van der Waals surface area contributed by atoms with Crippen molar-refractivity contribution >= 4 is 17.0 Å². The highest BCUT2D eigenvalue weighted by atomic mass is 32.1. The van der Waals surface area contributed by atoms with E-state index in [1.54, 1.807) is 11.3 Å².